The SMILES string of the molecule is CC1(C)CCCC(CN2CCN(C3CCCC3)CC2)C1N. The maximum atomic E-state index is 6.56. The third-order valence-corrected chi connectivity index (χ3v) is 6.55. The number of rotatable bonds is 3. The Kier molecular flexibility index (Phi) is 4.92. The zero-order chi connectivity index (χ0) is 14.9. The van der Waals surface area contributed by atoms with Gasteiger partial charge in [-0.05, 0) is 37.0 Å². The molecule has 0 aromatic carbocycles. The van der Waals surface area contributed by atoms with Crippen LogP contribution < -0.4 is 5.73 Å². The Morgan fingerprint density at radius 1 is 0.952 bits per heavy atom. The number of hydrogen-bond donors (Lipinski definition) is 1. The summed E-state index contributed by atoms with van der Waals surface area (Å²) in [5.41, 5.74) is 6.91. The first-order chi connectivity index (χ1) is 10.1. The van der Waals surface area contributed by atoms with E-state index in [1.807, 2.05) is 0 Å². The lowest BCUT2D eigenvalue weighted by molar-refractivity contribution is 0.0584. The van der Waals surface area contributed by atoms with E-state index in [0.29, 0.717) is 17.4 Å². The topological polar surface area (TPSA) is 32.5 Å². The monoisotopic (exact) mass is 293 g/mol. The maximum Gasteiger partial charge on any atom is 0.0131 e. The van der Waals surface area contributed by atoms with Crippen LogP contribution in [0.1, 0.15) is 58.8 Å². The Hall–Kier alpha value is -0.120. The van der Waals surface area contributed by atoms with Gasteiger partial charge in [0.2, 0.25) is 0 Å². The van der Waals surface area contributed by atoms with Gasteiger partial charge in [0.05, 0.1) is 0 Å². The highest BCUT2D eigenvalue weighted by Crippen LogP contribution is 2.38. The van der Waals surface area contributed by atoms with E-state index in [0.717, 1.165) is 6.04 Å². The molecule has 0 spiro atoms. The Bertz CT molecular complexity index is 327. The maximum absolute atomic E-state index is 6.56. The molecule has 2 unspecified atom stereocenters. The lowest BCUT2D eigenvalue weighted by Crippen LogP contribution is -2.54. The van der Waals surface area contributed by atoms with Crippen molar-refractivity contribution in [2.75, 3.05) is 32.7 Å². The fourth-order valence-electron chi connectivity index (χ4n) is 4.92. The highest BCUT2D eigenvalue weighted by atomic mass is 15.3. The summed E-state index contributed by atoms with van der Waals surface area (Å²) in [6.07, 6.45) is 9.82. The molecule has 3 rings (SSSR count). The van der Waals surface area contributed by atoms with Crippen molar-refractivity contribution < 1.29 is 0 Å². The zero-order valence-electron chi connectivity index (χ0n) is 14.2. The van der Waals surface area contributed by atoms with Crippen molar-refractivity contribution in [1.82, 2.24) is 9.80 Å². The number of hydrogen-bond acceptors (Lipinski definition) is 3. The quantitative estimate of drug-likeness (QED) is 0.868. The van der Waals surface area contributed by atoms with Gasteiger partial charge in [0.25, 0.3) is 0 Å². The average Bonchev–Trinajstić information content (AvgIpc) is 2.99. The van der Waals surface area contributed by atoms with Crippen molar-refractivity contribution >= 4 is 0 Å². The van der Waals surface area contributed by atoms with Gasteiger partial charge in [-0.15, -0.1) is 0 Å². The van der Waals surface area contributed by atoms with Gasteiger partial charge >= 0.3 is 0 Å². The molecule has 3 fully saturated rings. The predicted octanol–water partition coefficient (Wildman–Crippen LogP) is 2.70. The van der Waals surface area contributed by atoms with E-state index in [1.54, 1.807) is 0 Å². The minimum absolute atomic E-state index is 0.342. The van der Waals surface area contributed by atoms with Crippen molar-refractivity contribution in [3.63, 3.8) is 0 Å². The van der Waals surface area contributed by atoms with Crippen molar-refractivity contribution in [3.05, 3.63) is 0 Å². The molecule has 2 atom stereocenters. The van der Waals surface area contributed by atoms with Gasteiger partial charge in [0.1, 0.15) is 0 Å². The molecular weight excluding hydrogens is 258 g/mol. The van der Waals surface area contributed by atoms with Crippen LogP contribution in [0.2, 0.25) is 0 Å². The van der Waals surface area contributed by atoms with E-state index in [2.05, 4.69) is 23.6 Å². The van der Waals surface area contributed by atoms with Crippen molar-refractivity contribution in [2.45, 2.75) is 70.9 Å². The second-order valence-electron chi connectivity index (χ2n) is 8.44. The molecule has 0 aromatic rings. The molecule has 3 nitrogen and oxygen atoms in total. The summed E-state index contributed by atoms with van der Waals surface area (Å²) in [6, 6.07) is 1.29. The Labute approximate surface area is 131 Å². The van der Waals surface area contributed by atoms with Crippen LogP contribution in [0, 0.1) is 11.3 Å². The summed E-state index contributed by atoms with van der Waals surface area (Å²) < 4.78 is 0. The molecule has 0 radical (unpaired) electrons. The molecule has 2 saturated carbocycles. The molecule has 21 heavy (non-hydrogen) atoms. The van der Waals surface area contributed by atoms with Gasteiger partial charge in [-0.1, -0.05) is 33.1 Å². The summed E-state index contributed by atoms with van der Waals surface area (Å²) in [4.78, 5) is 5.45. The second-order valence-corrected chi connectivity index (χ2v) is 8.44. The lowest BCUT2D eigenvalue weighted by Gasteiger charge is -2.45. The van der Waals surface area contributed by atoms with Gasteiger partial charge in [-0.3, -0.25) is 4.90 Å². The second kappa shape index (κ2) is 6.55. The zero-order valence-corrected chi connectivity index (χ0v) is 14.2. The molecule has 0 aromatic heterocycles. The Morgan fingerprint density at radius 3 is 2.29 bits per heavy atom. The third-order valence-electron chi connectivity index (χ3n) is 6.55. The van der Waals surface area contributed by atoms with Crippen LogP contribution in [-0.2, 0) is 0 Å². The first-order valence-corrected chi connectivity index (χ1v) is 9.28. The van der Waals surface area contributed by atoms with Crippen LogP contribution in [0.25, 0.3) is 0 Å². The highest BCUT2D eigenvalue weighted by molar-refractivity contribution is 4.93. The molecule has 122 valence electrons. The average molecular weight is 293 g/mol. The van der Waals surface area contributed by atoms with Crippen LogP contribution in [0.4, 0.5) is 0 Å². The largest absolute Gasteiger partial charge is 0.327 e. The molecule has 2 N–H and O–H groups in total. The molecule has 3 heteroatoms. The van der Waals surface area contributed by atoms with Crippen LogP contribution in [-0.4, -0.2) is 54.6 Å². The van der Waals surface area contributed by atoms with E-state index < -0.39 is 0 Å². The van der Waals surface area contributed by atoms with E-state index >= 15 is 0 Å². The van der Waals surface area contributed by atoms with Crippen molar-refractivity contribution in [1.29, 1.82) is 0 Å². The molecular formula is C18H35N3. The highest BCUT2D eigenvalue weighted by Gasteiger charge is 2.37. The minimum atomic E-state index is 0.342. The van der Waals surface area contributed by atoms with E-state index in [9.17, 15) is 0 Å². The summed E-state index contributed by atoms with van der Waals surface area (Å²) in [5.74, 6) is 0.715. The van der Waals surface area contributed by atoms with Crippen LogP contribution in [0.15, 0.2) is 0 Å². The Balaban J connectivity index is 1.46. The van der Waals surface area contributed by atoms with Crippen LogP contribution >= 0.6 is 0 Å². The predicted molar refractivity (Wildman–Crippen MR) is 89.4 cm³/mol. The molecule has 0 bridgehead atoms. The molecule has 2 aliphatic carbocycles. The Morgan fingerprint density at radius 2 is 1.62 bits per heavy atom. The van der Waals surface area contributed by atoms with Gasteiger partial charge in [-0.25, -0.2) is 0 Å². The van der Waals surface area contributed by atoms with Gasteiger partial charge in [0, 0.05) is 44.8 Å². The van der Waals surface area contributed by atoms with Gasteiger partial charge in [-0.2, -0.15) is 0 Å². The molecule has 1 aliphatic heterocycles. The first kappa shape index (κ1) is 15.8. The normalized spacial score (nSPS) is 36.1. The molecule has 0 amide bonds. The van der Waals surface area contributed by atoms with Crippen LogP contribution in [0.3, 0.4) is 0 Å². The first-order valence-electron chi connectivity index (χ1n) is 9.28. The van der Waals surface area contributed by atoms with Gasteiger partial charge in [0.15, 0.2) is 0 Å². The van der Waals surface area contributed by atoms with Crippen molar-refractivity contribution in [2.24, 2.45) is 17.1 Å². The smallest absolute Gasteiger partial charge is 0.0131 e. The number of piperazine rings is 1. The fourth-order valence-corrected chi connectivity index (χ4v) is 4.92. The molecule has 1 heterocycles. The minimum Gasteiger partial charge on any atom is -0.327 e. The molecule has 3 aliphatic rings. The van der Waals surface area contributed by atoms with E-state index in [4.69, 9.17) is 5.73 Å². The van der Waals surface area contributed by atoms with Crippen LogP contribution in [0.5, 0.6) is 0 Å². The standard InChI is InChI=1S/C18H35N3/c1-18(2)9-5-6-15(17(18)19)14-20-10-12-21(13-11-20)16-7-3-4-8-16/h15-17H,3-14,19H2,1-2H3. The molecule has 1 saturated heterocycles. The number of nitrogens with two attached hydrogens (primary N) is 1. The summed E-state index contributed by atoms with van der Waals surface area (Å²) >= 11 is 0. The lowest BCUT2D eigenvalue weighted by atomic mass is 9.68. The third kappa shape index (κ3) is 3.62. The van der Waals surface area contributed by atoms with Crippen molar-refractivity contribution in [3.8, 4) is 0 Å². The summed E-state index contributed by atoms with van der Waals surface area (Å²) in [5, 5.41) is 0. The van der Waals surface area contributed by atoms with Gasteiger partial charge < -0.3 is 10.6 Å². The van der Waals surface area contributed by atoms with E-state index in [-0.39, 0.29) is 0 Å². The van der Waals surface area contributed by atoms with E-state index in [1.165, 1.54) is 77.7 Å². The number of nitrogens with zero attached hydrogens (tertiary/aromatic N) is 2. The summed E-state index contributed by atoms with van der Waals surface area (Å²) in [6.45, 7) is 11.1. The fraction of sp³-hybridized carbons (Fsp3) is 1.00. The summed E-state index contributed by atoms with van der Waals surface area (Å²) in [7, 11) is 0.